The van der Waals surface area contributed by atoms with Gasteiger partial charge in [-0.25, -0.2) is 9.36 Å². The van der Waals surface area contributed by atoms with Crippen LogP contribution >= 0.6 is 23.5 Å². The number of nitrogens with zero attached hydrogens (tertiary/aromatic N) is 2. The number of unbranched alkanes of at least 4 members (excludes halogenated alkanes) is 1. The van der Waals surface area contributed by atoms with E-state index in [1.54, 1.807) is 0 Å². The van der Waals surface area contributed by atoms with Crippen LogP contribution in [0.5, 0.6) is 0 Å². The van der Waals surface area contributed by atoms with Gasteiger partial charge in [0.05, 0.1) is 69.3 Å². The Labute approximate surface area is 314 Å². The summed E-state index contributed by atoms with van der Waals surface area (Å²) in [5.74, 6) is 0.964. The first kappa shape index (κ1) is 38.2. The van der Waals surface area contributed by atoms with Gasteiger partial charge in [0.1, 0.15) is 7.05 Å². The number of amides is 4. The van der Waals surface area contributed by atoms with Crippen LogP contribution < -0.4 is 30.7 Å². The number of carbonyl (C=O) groups excluding carboxylic acids is 3. The van der Waals surface area contributed by atoms with E-state index in [0.29, 0.717) is 64.4 Å². The maximum atomic E-state index is 13.0. The number of ether oxygens (including phenoxy) is 3. The number of hydrogen-bond donors (Lipinski definition) is 4. The van der Waals surface area contributed by atoms with Crippen molar-refractivity contribution in [1.29, 1.82) is 0 Å². The molecule has 0 bridgehead atoms. The van der Waals surface area contributed by atoms with Crippen molar-refractivity contribution in [2.45, 2.75) is 59.7 Å². The fourth-order valence-corrected chi connectivity index (χ4v) is 9.81. The summed E-state index contributed by atoms with van der Waals surface area (Å²) >= 11 is 3.72. The molecular weight excluding hydrogens is 701 g/mol. The Balaban J connectivity index is 0.769. The van der Waals surface area contributed by atoms with Crippen molar-refractivity contribution in [3.05, 3.63) is 66.4 Å². The largest absolute Gasteiger partial charge is 0.377 e. The van der Waals surface area contributed by atoms with Crippen molar-refractivity contribution in [2.75, 3.05) is 69.9 Å². The second-order valence-corrected chi connectivity index (χ2v) is 15.7. The van der Waals surface area contributed by atoms with Crippen molar-refractivity contribution in [3.63, 3.8) is 0 Å². The highest BCUT2D eigenvalue weighted by Gasteiger charge is 2.42. The average molecular weight is 752 g/mol. The first-order valence-corrected chi connectivity index (χ1v) is 20.2. The van der Waals surface area contributed by atoms with Gasteiger partial charge in [-0.05, 0) is 36.6 Å². The van der Waals surface area contributed by atoms with Gasteiger partial charge in [0, 0.05) is 59.3 Å². The van der Waals surface area contributed by atoms with E-state index in [-0.39, 0.29) is 41.8 Å². The molecule has 2 saturated heterocycles. The molecule has 1 aromatic heterocycles. The molecule has 52 heavy (non-hydrogen) atoms. The van der Waals surface area contributed by atoms with Crippen LogP contribution in [0.2, 0.25) is 0 Å². The zero-order valence-electron chi connectivity index (χ0n) is 29.8. The molecule has 3 aromatic rings. The molecule has 0 radical (unpaired) electrons. The predicted molar refractivity (Wildman–Crippen MR) is 205 cm³/mol. The molecule has 14 heteroatoms. The van der Waals surface area contributed by atoms with Crippen LogP contribution in [0.3, 0.4) is 0 Å². The first-order valence-electron chi connectivity index (χ1n) is 18.3. The van der Waals surface area contributed by atoms with Crippen molar-refractivity contribution in [2.24, 2.45) is 7.05 Å². The summed E-state index contributed by atoms with van der Waals surface area (Å²) in [5.41, 5.74) is 3.56. The highest BCUT2D eigenvalue weighted by Crippen LogP contribution is 2.44. The molecule has 4 N–H and O–H groups in total. The lowest BCUT2D eigenvalue weighted by molar-refractivity contribution is -0.644. The van der Waals surface area contributed by atoms with Crippen molar-refractivity contribution in [1.82, 2.24) is 21.3 Å². The van der Waals surface area contributed by atoms with Gasteiger partial charge < -0.3 is 40.4 Å². The molecule has 2 aromatic carbocycles. The van der Waals surface area contributed by atoms with Gasteiger partial charge in [0.15, 0.2) is 6.20 Å². The molecule has 0 aliphatic carbocycles. The molecule has 0 spiro atoms. The zero-order valence-corrected chi connectivity index (χ0v) is 31.5. The summed E-state index contributed by atoms with van der Waals surface area (Å²) in [5, 5.41) is 13.7. The summed E-state index contributed by atoms with van der Waals surface area (Å²) in [7, 11) is 2.06. The van der Waals surface area contributed by atoms with Gasteiger partial charge in [-0.1, -0.05) is 42.4 Å². The van der Waals surface area contributed by atoms with Crippen LogP contribution in [-0.4, -0.2) is 106 Å². The number of fused-ring (bicyclic) bond motifs is 3. The van der Waals surface area contributed by atoms with Gasteiger partial charge in [-0.2, -0.15) is 11.8 Å². The number of carbonyl (C=O) groups is 3. The number of aryl methyl sites for hydroxylation is 1. The summed E-state index contributed by atoms with van der Waals surface area (Å²) < 4.78 is 18.9. The van der Waals surface area contributed by atoms with Crippen LogP contribution in [0.25, 0.3) is 10.9 Å². The topological polar surface area (TPSA) is 134 Å². The van der Waals surface area contributed by atoms with E-state index in [2.05, 4.69) is 86.4 Å². The van der Waals surface area contributed by atoms with Crippen LogP contribution in [0.1, 0.15) is 31.2 Å². The van der Waals surface area contributed by atoms with Crippen molar-refractivity contribution >= 4 is 58.0 Å². The van der Waals surface area contributed by atoms with Crippen LogP contribution in [0.4, 0.5) is 10.5 Å². The molecule has 6 rings (SSSR count). The van der Waals surface area contributed by atoms with Crippen molar-refractivity contribution < 1.29 is 33.2 Å². The molecule has 0 unspecified atom stereocenters. The fourth-order valence-electron chi connectivity index (χ4n) is 6.93. The van der Waals surface area contributed by atoms with E-state index < -0.39 is 0 Å². The highest BCUT2D eigenvalue weighted by atomic mass is 32.2. The summed E-state index contributed by atoms with van der Waals surface area (Å²) in [6.45, 7) is 3.77. The van der Waals surface area contributed by atoms with Gasteiger partial charge in [-0.15, -0.1) is 0 Å². The SMILES string of the molecule is C[n+]1ccc(C[C@@H]2Sc3ccccc3N2CC(=O)NCCOCCOCCOCCNC(=O)CCCC[C@@H]2SC[C@@H]3NC(=O)N[C@@H]32)c2ccccc21. The van der Waals surface area contributed by atoms with Crippen molar-refractivity contribution in [3.8, 4) is 0 Å². The van der Waals surface area contributed by atoms with E-state index in [1.165, 1.54) is 21.4 Å². The van der Waals surface area contributed by atoms with E-state index in [0.717, 1.165) is 37.1 Å². The van der Waals surface area contributed by atoms with Gasteiger partial charge in [0.2, 0.25) is 17.3 Å². The minimum Gasteiger partial charge on any atom is -0.377 e. The second kappa shape index (κ2) is 19.5. The summed E-state index contributed by atoms with van der Waals surface area (Å²) in [6.07, 6.45) is 6.25. The standard InChI is InChI=1S/C38H50N6O6S2/c1-43-17-14-27(28-8-2-3-9-30(28)43)24-36-44(31-10-4-5-11-32(31)52-36)25-35(46)40-16-19-49-21-23-50-22-20-48-18-15-39-34(45)13-7-6-12-33-37-29(26-51-33)41-38(47)42-37/h2-5,8-11,14,17,29,33,36-37H,6-7,12-13,15-16,18-26H2,1H3,(H3-,39,40,41,42,45,46,47)/p+1/t29-,33-,36-,37-/m0/s1. The Morgan fingerprint density at radius 1 is 0.885 bits per heavy atom. The molecule has 4 amide bonds. The molecule has 2 fully saturated rings. The highest BCUT2D eigenvalue weighted by molar-refractivity contribution is 8.00. The summed E-state index contributed by atoms with van der Waals surface area (Å²) in [6, 6.07) is 19.3. The Kier molecular flexibility index (Phi) is 14.3. The average Bonchev–Trinajstić information content (AvgIpc) is 3.82. The normalized spacial score (nSPS) is 20.4. The lowest BCUT2D eigenvalue weighted by atomic mass is 10.0. The third-order valence-electron chi connectivity index (χ3n) is 9.58. The number of aromatic nitrogens is 1. The number of anilines is 1. The molecule has 4 atom stereocenters. The maximum Gasteiger partial charge on any atom is 0.315 e. The van der Waals surface area contributed by atoms with Gasteiger partial charge in [-0.3, -0.25) is 9.59 Å². The van der Waals surface area contributed by atoms with Crippen LogP contribution in [0.15, 0.2) is 65.7 Å². The molecule has 0 saturated carbocycles. The first-order chi connectivity index (χ1) is 25.5. The number of nitrogens with one attached hydrogen (secondary N) is 4. The third kappa shape index (κ3) is 10.5. The zero-order chi connectivity index (χ0) is 36.1. The lowest BCUT2D eigenvalue weighted by Gasteiger charge is -2.26. The van der Waals surface area contributed by atoms with Crippen LogP contribution in [0, 0.1) is 0 Å². The summed E-state index contributed by atoms with van der Waals surface area (Å²) in [4.78, 5) is 40.1. The molecule has 3 aliphatic heterocycles. The minimum absolute atomic E-state index is 0.0319. The lowest BCUT2D eigenvalue weighted by Crippen LogP contribution is -2.42. The number of thioether (sulfide) groups is 2. The Hall–Kier alpha value is -3.56. The third-order valence-corrected chi connectivity index (χ3v) is 12.4. The number of benzene rings is 2. The second-order valence-electron chi connectivity index (χ2n) is 13.2. The number of rotatable bonds is 21. The maximum absolute atomic E-state index is 13.0. The quantitative estimate of drug-likeness (QED) is 0.0737. The molecular formula is C38H51N6O6S2+. The van der Waals surface area contributed by atoms with E-state index in [4.69, 9.17) is 14.2 Å². The molecule has 280 valence electrons. The Bertz CT molecular complexity index is 1670. The van der Waals surface area contributed by atoms with Crippen LogP contribution in [-0.2, 0) is 37.3 Å². The molecule has 12 nitrogen and oxygen atoms in total. The Morgan fingerprint density at radius 2 is 1.60 bits per heavy atom. The van der Waals surface area contributed by atoms with Gasteiger partial charge >= 0.3 is 6.03 Å². The Morgan fingerprint density at radius 3 is 2.40 bits per heavy atom. The smallest absolute Gasteiger partial charge is 0.315 e. The monoisotopic (exact) mass is 751 g/mol. The van der Waals surface area contributed by atoms with E-state index in [9.17, 15) is 14.4 Å². The minimum atomic E-state index is -0.0614. The molecule has 4 heterocycles. The van der Waals surface area contributed by atoms with Gasteiger partial charge in [0.25, 0.3) is 0 Å². The number of pyridine rings is 1. The number of urea groups is 1. The number of para-hydroxylation sites is 2. The van der Waals surface area contributed by atoms with E-state index >= 15 is 0 Å². The number of hydrogen-bond acceptors (Lipinski definition) is 9. The fraction of sp³-hybridized carbons (Fsp3) is 0.526. The predicted octanol–water partition coefficient (Wildman–Crippen LogP) is 3.15. The van der Waals surface area contributed by atoms with E-state index in [1.807, 2.05) is 35.7 Å². The molecule has 3 aliphatic rings.